The van der Waals surface area contributed by atoms with Crippen LogP contribution < -0.4 is 0 Å². The highest BCUT2D eigenvalue weighted by Gasteiger charge is 2.50. The molecule has 1 unspecified atom stereocenters. The van der Waals surface area contributed by atoms with E-state index < -0.39 is 35.4 Å². The highest BCUT2D eigenvalue weighted by atomic mass is 19.4. The molecular weight excluding hydrogens is 460 g/mol. The molecule has 1 aromatic heterocycles. The van der Waals surface area contributed by atoms with Gasteiger partial charge in [0.2, 0.25) is 0 Å². The number of benzene rings is 2. The van der Waals surface area contributed by atoms with E-state index in [-0.39, 0.29) is 32.4 Å². The van der Waals surface area contributed by atoms with Crippen molar-refractivity contribution in [3.63, 3.8) is 0 Å². The molecule has 1 spiro atoms. The first-order valence-corrected chi connectivity index (χ1v) is 11.0. The zero-order valence-corrected chi connectivity index (χ0v) is 18.2. The van der Waals surface area contributed by atoms with Gasteiger partial charge in [-0.25, -0.2) is 9.55 Å². The molecule has 0 saturated heterocycles. The molecule has 2 heterocycles. The van der Waals surface area contributed by atoms with Crippen molar-refractivity contribution in [1.82, 2.24) is 9.55 Å². The van der Waals surface area contributed by atoms with Crippen molar-refractivity contribution in [2.45, 2.75) is 57.1 Å². The van der Waals surface area contributed by atoms with Crippen LogP contribution in [0.5, 0.6) is 0 Å². The van der Waals surface area contributed by atoms with Crippen LogP contribution in [-0.4, -0.2) is 20.9 Å². The summed E-state index contributed by atoms with van der Waals surface area (Å²) in [7, 11) is 0. The van der Waals surface area contributed by atoms with Gasteiger partial charge in [-0.1, -0.05) is 42.8 Å². The maximum atomic E-state index is 14.1. The monoisotopic (exact) mass is 481 g/mol. The summed E-state index contributed by atoms with van der Waals surface area (Å²) in [5, 5.41) is 4.04. The lowest BCUT2D eigenvalue weighted by Crippen LogP contribution is -2.40. The minimum absolute atomic E-state index is 0.0682. The summed E-state index contributed by atoms with van der Waals surface area (Å²) in [5.74, 6) is -0.796. The smallest absolute Gasteiger partial charge is 0.388 e. The molecule has 1 saturated carbocycles. The SMILES string of the molecule is CC1C(c2nc3cc(-c4ccccc4C(F)(F)F)ccc3n2C(F)(F)F)=NOC12CCCCC2. The number of halogens is 6. The van der Waals surface area contributed by atoms with Crippen LogP contribution in [0.2, 0.25) is 0 Å². The third-order valence-corrected chi connectivity index (χ3v) is 6.91. The first kappa shape index (κ1) is 22.7. The molecule has 5 rings (SSSR count). The number of aromatic nitrogens is 2. The zero-order chi connectivity index (χ0) is 24.3. The van der Waals surface area contributed by atoms with Crippen LogP contribution in [0.15, 0.2) is 47.6 Å². The Morgan fingerprint density at radius 1 is 0.971 bits per heavy atom. The van der Waals surface area contributed by atoms with Crippen LogP contribution in [0.4, 0.5) is 26.3 Å². The summed E-state index contributed by atoms with van der Waals surface area (Å²) in [4.78, 5) is 9.93. The van der Waals surface area contributed by atoms with Crippen LogP contribution in [0, 0.1) is 5.92 Å². The Morgan fingerprint density at radius 3 is 2.35 bits per heavy atom. The van der Waals surface area contributed by atoms with Crippen LogP contribution in [0.25, 0.3) is 22.2 Å². The number of hydrogen-bond acceptors (Lipinski definition) is 3. The molecule has 3 aromatic rings. The van der Waals surface area contributed by atoms with Gasteiger partial charge in [-0.2, -0.15) is 13.2 Å². The summed E-state index contributed by atoms with van der Waals surface area (Å²) in [6.45, 7) is 1.79. The molecule has 2 aliphatic rings. The molecule has 1 aliphatic carbocycles. The fourth-order valence-electron chi connectivity index (χ4n) is 5.11. The van der Waals surface area contributed by atoms with Gasteiger partial charge in [0.05, 0.1) is 16.6 Å². The standard InChI is InChI=1S/C24H21F6N3O/c1-14-20(32-34-22(14)11-5-2-6-12-22)21-31-18-13-15(9-10-19(18)33(21)24(28,29)30)16-7-3-4-8-17(16)23(25,26)27/h3-4,7-10,13-14H,2,5-6,11-12H2,1H3. The van der Waals surface area contributed by atoms with E-state index in [2.05, 4.69) is 10.1 Å². The average Bonchev–Trinajstić information content (AvgIpc) is 3.31. The second kappa shape index (κ2) is 7.74. The molecule has 1 atom stereocenters. The topological polar surface area (TPSA) is 39.4 Å². The Labute approximate surface area is 191 Å². The van der Waals surface area contributed by atoms with E-state index in [1.807, 2.05) is 0 Å². The molecule has 1 aliphatic heterocycles. The Kier molecular flexibility index (Phi) is 5.18. The van der Waals surface area contributed by atoms with E-state index in [0.29, 0.717) is 12.8 Å². The van der Waals surface area contributed by atoms with Crippen molar-refractivity contribution in [2.75, 3.05) is 0 Å². The lowest BCUT2D eigenvalue weighted by molar-refractivity contribution is -0.201. The molecular formula is C24H21F6N3O. The molecule has 0 radical (unpaired) electrons. The van der Waals surface area contributed by atoms with Gasteiger partial charge < -0.3 is 4.84 Å². The number of nitrogens with zero attached hydrogens (tertiary/aromatic N) is 3. The molecule has 0 amide bonds. The summed E-state index contributed by atoms with van der Waals surface area (Å²) in [5.41, 5.74) is -1.73. The zero-order valence-electron chi connectivity index (χ0n) is 18.2. The predicted molar refractivity (Wildman–Crippen MR) is 114 cm³/mol. The number of imidazole rings is 1. The van der Waals surface area contributed by atoms with Crippen molar-refractivity contribution in [2.24, 2.45) is 11.1 Å². The molecule has 4 nitrogen and oxygen atoms in total. The third-order valence-electron chi connectivity index (χ3n) is 6.91. The molecule has 10 heteroatoms. The summed E-state index contributed by atoms with van der Waals surface area (Å²) in [6.07, 6.45) is -5.16. The van der Waals surface area contributed by atoms with Gasteiger partial charge in [0.15, 0.2) is 5.82 Å². The largest absolute Gasteiger partial charge is 0.490 e. The molecule has 1 fully saturated rings. The highest BCUT2D eigenvalue weighted by Crippen LogP contribution is 2.45. The molecule has 0 N–H and O–H groups in total. The van der Waals surface area contributed by atoms with E-state index in [1.54, 1.807) is 6.92 Å². The highest BCUT2D eigenvalue weighted by molar-refractivity contribution is 6.03. The number of rotatable bonds is 2. The Balaban J connectivity index is 1.64. The van der Waals surface area contributed by atoms with Gasteiger partial charge >= 0.3 is 12.5 Å². The lowest BCUT2D eigenvalue weighted by atomic mass is 9.75. The van der Waals surface area contributed by atoms with Crippen molar-refractivity contribution in [3.8, 4) is 11.1 Å². The molecule has 2 aromatic carbocycles. The van der Waals surface area contributed by atoms with E-state index in [4.69, 9.17) is 4.84 Å². The second-order valence-corrected chi connectivity index (χ2v) is 8.90. The number of fused-ring (bicyclic) bond motifs is 1. The van der Waals surface area contributed by atoms with Gasteiger partial charge in [0.1, 0.15) is 11.3 Å². The Morgan fingerprint density at radius 2 is 1.68 bits per heavy atom. The van der Waals surface area contributed by atoms with Gasteiger partial charge in [-0.05, 0) is 55.0 Å². The van der Waals surface area contributed by atoms with Gasteiger partial charge in [0, 0.05) is 5.92 Å². The van der Waals surface area contributed by atoms with Crippen LogP contribution in [0.1, 0.15) is 50.4 Å². The first-order chi connectivity index (χ1) is 16.0. The van der Waals surface area contributed by atoms with Gasteiger partial charge in [0.25, 0.3) is 0 Å². The second-order valence-electron chi connectivity index (χ2n) is 8.90. The van der Waals surface area contributed by atoms with Crippen molar-refractivity contribution < 1.29 is 31.2 Å². The van der Waals surface area contributed by atoms with Crippen LogP contribution in [0.3, 0.4) is 0 Å². The Hall–Kier alpha value is -3.04. The Bertz CT molecular complexity index is 1270. The normalized spacial score (nSPS) is 20.6. The van der Waals surface area contributed by atoms with Crippen molar-refractivity contribution in [3.05, 3.63) is 53.9 Å². The van der Waals surface area contributed by atoms with Gasteiger partial charge in [-0.3, -0.25) is 0 Å². The average molecular weight is 481 g/mol. The predicted octanol–water partition coefficient (Wildman–Crippen LogP) is 7.27. The molecule has 180 valence electrons. The maximum absolute atomic E-state index is 14.1. The summed E-state index contributed by atoms with van der Waals surface area (Å²) in [6, 6.07) is 8.60. The van der Waals surface area contributed by atoms with E-state index in [1.165, 1.54) is 30.3 Å². The quantitative estimate of drug-likeness (QED) is 0.361. The number of oxime groups is 1. The minimum atomic E-state index is -4.81. The first-order valence-electron chi connectivity index (χ1n) is 11.0. The number of alkyl halides is 6. The van der Waals surface area contributed by atoms with E-state index >= 15 is 0 Å². The third kappa shape index (κ3) is 3.63. The van der Waals surface area contributed by atoms with Gasteiger partial charge in [-0.15, -0.1) is 13.2 Å². The van der Waals surface area contributed by atoms with Crippen LogP contribution >= 0.6 is 0 Å². The lowest BCUT2D eigenvalue weighted by Gasteiger charge is -2.34. The van der Waals surface area contributed by atoms with E-state index in [0.717, 1.165) is 31.4 Å². The summed E-state index contributed by atoms with van der Waals surface area (Å²) >= 11 is 0. The maximum Gasteiger partial charge on any atom is 0.490 e. The fraction of sp³-hybridized carbons (Fsp3) is 0.417. The fourth-order valence-corrected chi connectivity index (χ4v) is 5.11. The minimum Gasteiger partial charge on any atom is -0.388 e. The number of hydrogen-bond donors (Lipinski definition) is 0. The van der Waals surface area contributed by atoms with Crippen molar-refractivity contribution in [1.29, 1.82) is 0 Å². The molecule has 34 heavy (non-hydrogen) atoms. The van der Waals surface area contributed by atoms with E-state index in [9.17, 15) is 26.3 Å². The summed E-state index contributed by atoms with van der Waals surface area (Å²) < 4.78 is 83.1. The van der Waals surface area contributed by atoms with Crippen LogP contribution in [-0.2, 0) is 17.3 Å². The molecule has 0 bridgehead atoms. The van der Waals surface area contributed by atoms with Crippen molar-refractivity contribution >= 4 is 16.7 Å².